The maximum atomic E-state index is 12.2. The second-order valence-corrected chi connectivity index (χ2v) is 5.38. The van der Waals surface area contributed by atoms with E-state index in [1.165, 1.54) is 12.1 Å². The van der Waals surface area contributed by atoms with Crippen molar-refractivity contribution in [1.29, 1.82) is 0 Å². The lowest BCUT2D eigenvalue weighted by Gasteiger charge is -2.20. The minimum atomic E-state index is -2.86. The average Bonchev–Trinajstić information content (AvgIpc) is 2.84. The normalized spacial score (nSPS) is 23.1. The van der Waals surface area contributed by atoms with Crippen molar-refractivity contribution < 1.29 is 18.3 Å². The van der Waals surface area contributed by atoms with Crippen LogP contribution in [0.1, 0.15) is 37.8 Å². The first-order valence-electron chi connectivity index (χ1n) is 7.08. The van der Waals surface area contributed by atoms with Crippen molar-refractivity contribution in [3.8, 4) is 5.75 Å². The molecule has 0 saturated heterocycles. The molecule has 3 atom stereocenters. The van der Waals surface area contributed by atoms with Crippen molar-refractivity contribution in [2.45, 2.75) is 44.9 Å². The molecule has 1 aliphatic rings. The van der Waals surface area contributed by atoms with E-state index in [1.807, 2.05) is 0 Å². The molecule has 1 aliphatic carbocycles. The summed E-state index contributed by atoms with van der Waals surface area (Å²) in [4.78, 5) is 12.2. The van der Waals surface area contributed by atoms with Gasteiger partial charge in [-0.05, 0) is 37.5 Å². The van der Waals surface area contributed by atoms with Gasteiger partial charge in [0.25, 0.3) is 0 Å². The molecule has 1 aromatic carbocycles. The van der Waals surface area contributed by atoms with Crippen LogP contribution in [0.3, 0.4) is 0 Å². The van der Waals surface area contributed by atoms with Crippen molar-refractivity contribution in [3.63, 3.8) is 0 Å². The summed E-state index contributed by atoms with van der Waals surface area (Å²) in [6.07, 6.45) is 2.63. The highest BCUT2D eigenvalue weighted by molar-refractivity contribution is 5.80. The van der Waals surface area contributed by atoms with Gasteiger partial charge in [0.15, 0.2) is 0 Å². The van der Waals surface area contributed by atoms with Crippen LogP contribution in [-0.4, -0.2) is 18.6 Å². The van der Waals surface area contributed by atoms with E-state index in [9.17, 15) is 13.6 Å². The summed E-state index contributed by atoms with van der Waals surface area (Å²) in [5.41, 5.74) is 6.62. The maximum absolute atomic E-state index is 12.2. The Morgan fingerprint density at radius 3 is 2.81 bits per heavy atom. The van der Waals surface area contributed by atoms with Gasteiger partial charge >= 0.3 is 6.61 Å². The first-order chi connectivity index (χ1) is 9.97. The number of hydrogen-bond donors (Lipinski definition) is 2. The molecule has 3 N–H and O–H groups in total. The van der Waals surface area contributed by atoms with Gasteiger partial charge in [0.05, 0.1) is 12.0 Å². The zero-order valence-electron chi connectivity index (χ0n) is 11.9. The molecule has 0 spiro atoms. The summed E-state index contributed by atoms with van der Waals surface area (Å²) in [5, 5.41) is 2.89. The zero-order chi connectivity index (χ0) is 15.4. The smallest absolute Gasteiger partial charge is 0.387 e. The summed E-state index contributed by atoms with van der Waals surface area (Å²) < 4.78 is 28.8. The van der Waals surface area contributed by atoms with Crippen molar-refractivity contribution in [2.24, 2.45) is 11.7 Å². The van der Waals surface area contributed by atoms with Gasteiger partial charge in [-0.15, -0.1) is 0 Å². The number of alkyl halides is 2. The largest absolute Gasteiger partial charge is 0.435 e. The fourth-order valence-electron chi connectivity index (χ4n) is 2.68. The second kappa shape index (κ2) is 6.85. The summed E-state index contributed by atoms with van der Waals surface area (Å²) >= 11 is 0. The summed E-state index contributed by atoms with van der Waals surface area (Å²) in [6, 6.07) is 5.97. The Hall–Kier alpha value is -1.69. The fraction of sp³-hybridized carbons (Fsp3) is 0.533. The molecule has 0 radical (unpaired) electrons. The maximum Gasteiger partial charge on any atom is 0.387 e. The quantitative estimate of drug-likeness (QED) is 0.878. The third kappa shape index (κ3) is 4.14. The van der Waals surface area contributed by atoms with Crippen molar-refractivity contribution in [1.82, 2.24) is 5.32 Å². The standard InChI is InChI=1S/C15H20F2N2O2/c1-9(19-14(20)12-6-3-7-13(12)18)10-4-2-5-11(8-10)21-15(16)17/h2,4-5,8-9,12-13,15H,3,6-7,18H2,1H3,(H,19,20). The molecule has 0 heterocycles. The Morgan fingerprint density at radius 1 is 1.43 bits per heavy atom. The molecule has 0 bridgehead atoms. The molecular weight excluding hydrogens is 278 g/mol. The lowest BCUT2D eigenvalue weighted by atomic mass is 10.0. The Bertz CT molecular complexity index is 496. The number of nitrogens with one attached hydrogen (secondary N) is 1. The van der Waals surface area contributed by atoms with Crippen LogP contribution < -0.4 is 15.8 Å². The highest BCUT2D eigenvalue weighted by Crippen LogP contribution is 2.26. The number of carbonyl (C=O) groups excluding carboxylic acids is 1. The average molecular weight is 298 g/mol. The van der Waals surface area contributed by atoms with Gasteiger partial charge in [-0.25, -0.2) is 0 Å². The van der Waals surface area contributed by atoms with E-state index in [4.69, 9.17) is 5.73 Å². The van der Waals surface area contributed by atoms with Gasteiger partial charge in [0.2, 0.25) is 5.91 Å². The van der Waals surface area contributed by atoms with Crippen LogP contribution in [0.15, 0.2) is 24.3 Å². The fourth-order valence-corrected chi connectivity index (χ4v) is 2.68. The Morgan fingerprint density at radius 2 is 2.19 bits per heavy atom. The van der Waals surface area contributed by atoms with Gasteiger partial charge in [-0.2, -0.15) is 8.78 Å². The van der Waals surface area contributed by atoms with Crippen LogP contribution in [0.2, 0.25) is 0 Å². The van der Waals surface area contributed by atoms with E-state index in [-0.39, 0.29) is 29.7 Å². The van der Waals surface area contributed by atoms with Gasteiger partial charge < -0.3 is 15.8 Å². The molecule has 21 heavy (non-hydrogen) atoms. The molecule has 2 rings (SSSR count). The molecule has 4 nitrogen and oxygen atoms in total. The van der Waals surface area contributed by atoms with Crippen LogP contribution in [-0.2, 0) is 4.79 Å². The molecule has 3 unspecified atom stereocenters. The van der Waals surface area contributed by atoms with E-state index in [1.54, 1.807) is 19.1 Å². The predicted octanol–water partition coefficient (Wildman–Crippen LogP) is 2.59. The lowest BCUT2D eigenvalue weighted by molar-refractivity contribution is -0.125. The predicted molar refractivity (Wildman–Crippen MR) is 74.9 cm³/mol. The molecule has 1 fully saturated rings. The number of halogens is 2. The van der Waals surface area contributed by atoms with Gasteiger partial charge in [0.1, 0.15) is 5.75 Å². The van der Waals surface area contributed by atoms with Gasteiger partial charge in [-0.3, -0.25) is 4.79 Å². The van der Waals surface area contributed by atoms with Crippen molar-refractivity contribution in [3.05, 3.63) is 29.8 Å². The van der Waals surface area contributed by atoms with Crippen molar-refractivity contribution in [2.75, 3.05) is 0 Å². The molecule has 1 saturated carbocycles. The molecule has 0 aromatic heterocycles. The number of amides is 1. The highest BCUT2D eigenvalue weighted by Gasteiger charge is 2.30. The third-order valence-electron chi connectivity index (χ3n) is 3.85. The first kappa shape index (κ1) is 15.7. The number of nitrogens with two attached hydrogens (primary N) is 1. The molecule has 1 amide bonds. The molecule has 1 aromatic rings. The van der Waals surface area contributed by atoms with Crippen LogP contribution in [0.25, 0.3) is 0 Å². The SMILES string of the molecule is CC(NC(=O)C1CCCC1N)c1cccc(OC(F)F)c1. The minimum absolute atomic E-state index is 0.0762. The number of hydrogen-bond acceptors (Lipinski definition) is 3. The topological polar surface area (TPSA) is 64.4 Å². The zero-order valence-corrected chi connectivity index (χ0v) is 11.9. The van der Waals surface area contributed by atoms with E-state index >= 15 is 0 Å². The number of benzene rings is 1. The molecule has 6 heteroatoms. The van der Waals surface area contributed by atoms with E-state index in [2.05, 4.69) is 10.1 Å². The summed E-state index contributed by atoms with van der Waals surface area (Å²) in [7, 11) is 0. The Labute approximate surface area is 122 Å². The molecular formula is C15H20F2N2O2. The number of rotatable bonds is 5. The van der Waals surface area contributed by atoms with Crippen LogP contribution >= 0.6 is 0 Å². The Kier molecular flexibility index (Phi) is 5.12. The van der Waals surface area contributed by atoms with Crippen LogP contribution in [0.4, 0.5) is 8.78 Å². The summed E-state index contributed by atoms with van der Waals surface area (Å²) in [6.45, 7) is -1.05. The lowest BCUT2D eigenvalue weighted by Crippen LogP contribution is -2.39. The Balaban J connectivity index is 1.99. The third-order valence-corrected chi connectivity index (χ3v) is 3.85. The van der Waals surface area contributed by atoms with E-state index in [0.717, 1.165) is 19.3 Å². The number of carbonyl (C=O) groups is 1. The molecule has 116 valence electrons. The number of ether oxygens (including phenoxy) is 1. The van der Waals surface area contributed by atoms with Crippen molar-refractivity contribution >= 4 is 5.91 Å². The second-order valence-electron chi connectivity index (χ2n) is 5.38. The highest BCUT2D eigenvalue weighted by atomic mass is 19.3. The van der Waals surface area contributed by atoms with E-state index in [0.29, 0.717) is 5.56 Å². The minimum Gasteiger partial charge on any atom is -0.435 e. The summed E-state index contributed by atoms with van der Waals surface area (Å²) in [5.74, 6) is -0.151. The van der Waals surface area contributed by atoms with Crippen LogP contribution in [0.5, 0.6) is 5.75 Å². The van der Waals surface area contributed by atoms with E-state index < -0.39 is 6.61 Å². The molecule has 0 aliphatic heterocycles. The van der Waals surface area contributed by atoms with Gasteiger partial charge in [-0.1, -0.05) is 18.6 Å². The van der Waals surface area contributed by atoms with Gasteiger partial charge in [0, 0.05) is 6.04 Å². The monoisotopic (exact) mass is 298 g/mol. The first-order valence-corrected chi connectivity index (χ1v) is 7.08. The van der Waals surface area contributed by atoms with Crippen LogP contribution in [0, 0.1) is 5.92 Å².